The van der Waals surface area contributed by atoms with Gasteiger partial charge in [0.2, 0.25) is 5.91 Å². The van der Waals surface area contributed by atoms with Crippen molar-refractivity contribution in [2.24, 2.45) is 0 Å². The molecule has 1 rings (SSSR count). The summed E-state index contributed by atoms with van der Waals surface area (Å²) in [5.41, 5.74) is 0.553. The molecule has 3 nitrogen and oxygen atoms in total. The SMILES string of the molecule is CCCCN(CC(F)(F)F)C(=O)Cc1csc(C(C)C)n1. The highest BCUT2D eigenvalue weighted by molar-refractivity contribution is 7.09. The Hall–Kier alpha value is -1.11. The number of thiazole rings is 1. The van der Waals surface area contributed by atoms with Crippen molar-refractivity contribution in [3.05, 3.63) is 16.1 Å². The van der Waals surface area contributed by atoms with Gasteiger partial charge in [-0.15, -0.1) is 11.3 Å². The molecule has 0 saturated carbocycles. The molecule has 0 unspecified atom stereocenters. The fourth-order valence-corrected chi connectivity index (χ4v) is 2.63. The highest BCUT2D eigenvalue weighted by Crippen LogP contribution is 2.21. The second-order valence-electron chi connectivity index (χ2n) is 5.29. The minimum absolute atomic E-state index is 0.0665. The topological polar surface area (TPSA) is 33.2 Å². The maximum Gasteiger partial charge on any atom is 0.406 e. The Morgan fingerprint density at radius 3 is 2.57 bits per heavy atom. The van der Waals surface area contributed by atoms with Crippen LogP contribution in [0.5, 0.6) is 0 Å². The molecule has 7 heteroatoms. The Morgan fingerprint density at radius 1 is 1.43 bits per heavy atom. The van der Waals surface area contributed by atoms with E-state index < -0.39 is 18.6 Å². The van der Waals surface area contributed by atoms with Gasteiger partial charge in [-0.05, 0) is 6.42 Å². The summed E-state index contributed by atoms with van der Waals surface area (Å²) in [6.07, 6.45) is -3.12. The van der Waals surface area contributed by atoms with Gasteiger partial charge in [-0.25, -0.2) is 4.98 Å². The number of hydrogen-bond donors (Lipinski definition) is 0. The van der Waals surface area contributed by atoms with Crippen LogP contribution in [0.25, 0.3) is 0 Å². The number of rotatable bonds is 7. The number of carbonyl (C=O) groups excluding carboxylic acids is 1. The van der Waals surface area contributed by atoms with E-state index in [9.17, 15) is 18.0 Å². The lowest BCUT2D eigenvalue weighted by Crippen LogP contribution is -2.40. The average Bonchev–Trinajstić information content (AvgIpc) is 2.81. The molecular formula is C14H21F3N2OS. The summed E-state index contributed by atoms with van der Waals surface area (Å²) in [7, 11) is 0. The van der Waals surface area contributed by atoms with Crippen LogP contribution < -0.4 is 0 Å². The lowest BCUT2D eigenvalue weighted by Gasteiger charge is -2.23. The van der Waals surface area contributed by atoms with Crippen LogP contribution >= 0.6 is 11.3 Å². The van der Waals surface area contributed by atoms with Gasteiger partial charge in [0.1, 0.15) is 6.54 Å². The second-order valence-corrected chi connectivity index (χ2v) is 6.18. The van der Waals surface area contributed by atoms with Crippen molar-refractivity contribution in [2.45, 2.75) is 52.1 Å². The molecule has 0 bridgehead atoms. The van der Waals surface area contributed by atoms with Crippen molar-refractivity contribution >= 4 is 17.2 Å². The summed E-state index contributed by atoms with van der Waals surface area (Å²) in [5.74, 6) is -0.258. The van der Waals surface area contributed by atoms with E-state index in [4.69, 9.17) is 0 Å². The van der Waals surface area contributed by atoms with Gasteiger partial charge < -0.3 is 4.90 Å². The summed E-state index contributed by atoms with van der Waals surface area (Å²) in [4.78, 5) is 17.3. The molecule has 0 aliphatic carbocycles. The fraction of sp³-hybridized carbons (Fsp3) is 0.714. The fourth-order valence-electron chi connectivity index (χ4n) is 1.79. The Morgan fingerprint density at radius 2 is 2.10 bits per heavy atom. The standard InChI is InChI=1S/C14H21F3N2OS/c1-4-5-6-19(9-14(15,16)17)12(20)7-11-8-21-13(18-11)10(2)3/h8,10H,4-7,9H2,1-3H3. The maximum atomic E-state index is 12.5. The lowest BCUT2D eigenvalue weighted by atomic mass is 10.2. The summed E-state index contributed by atoms with van der Waals surface area (Å²) in [5, 5.41) is 2.65. The molecule has 1 amide bonds. The van der Waals surface area contributed by atoms with Crippen LogP contribution in [0.4, 0.5) is 13.2 Å². The number of hydrogen-bond acceptors (Lipinski definition) is 3. The number of aromatic nitrogens is 1. The molecule has 0 fully saturated rings. The predicted octanol–water partition coefficient (Wildman–Crippen LogP) is 4.00. The first-order valence-electron chi connectivity index (χ1n) is 7.01. The maximum absolute atomic E-state index is 12.5. The van der Waals surface area contributed by atoms with E-state index in [1.807, 2.05) is 20.8 Å². The van der Waals surface area contributed by atoms with Crippen molar-refractivity contribution in [1.82, 2.24) is 9.88 Å². The average molecular weight is 322 g/mol. The number of nitrogens with zero attached hydrogens (tertiary/aromatic N) is 2. The number of unbranched alkanes of at least 4 members (excludes halogenated alkanes) is 1. The molecular weight excluding hydrogens is 301 g/mol. The molecule has 0 saturated heterocycles. The summed E-state index contributed by atoms with van der Waals surface area (Å²) >= 11 is 1.44. The molecule has 0 N–H and O–H groups in total. The molecule has 1 heterocycles. The van der Waals surface area contributed by atoms with Crippen LogP contribution in [0.3, 0.4) is 0 Å². The first-order valence-corrected chi connectivity index (χ1v) is 7.89. The normalized spacial score (nSPS) is 12.0. The van der Waals surface area contributed by atoms with Crippen LogP contribution in [0.15, 0.2) is 5.38 Å². The van der Waals surface area contributed by atoms with Gasteiger partial charge in [0.05, 0.1) is 17.1 Å². The quantitative estimate of drug-likeness (QED) is 0.760. The van der Waals surface area contributed by atoms with Gasteiger partial charge in [-0.2, -0.15) is 13.2 Å². The first kappa shape index (κ1) is 17.9. The van der Waals surface area contributed by atoms with E-state index in [1.54, 1.807) is 5.38 Å². The van der Waals surface area contributed by atoms with Crippen molar-refractivity contribution in [2.75, 3.05) is 13.1 Å². The van der Waals surface area contributed by atoms with Crippen LogP contribution in [-0.4, -0.2) is 35.1 Å². The Labute approximate surface area is 127 Å². The third-order valence-corrected chi connectivity index (χ3v) is 4.09. The number of alkyl halides is 3. The van der Waals surface area contributed by atoms with E-state index >= 15 is 0 Å². The van der Waals surface area contributed by atoms with E-state index in [1.165, 1.54) is 11.3 Å². The highest BCUT2D eigenvalue weighted by atomic mass is 32.1. The summed E-state index contributed by atoms with van der Waals surface area (Å²) in [6, 6.07) is 0. The monoisotopic (exact) mass is 322 g/mol. The van der Waals surface area contributed by atoms with Crippen LogP contribution in [0.1, 0.15) is 50.2 Å². The Kier molecular flexibility index (Phi) is 6.64. The molecule has 0 aromatic carbocycles. The van der Waals surface area contributed by atoms with E-state index in [0.29, 0.717) is 12.1 Å². The molecule has 0 aliphatic heterocycles. The summed E-state index contributed by atoms with van der Waals surface area (Å²) in [6.45, 7) is 4.80. The number of amides is 1. The van der Waals surface area contributed by atoms with Crippen molar-refractivity contribution in [3.63, 3.8) is 0 Å². The smallest absolute Gasteiger partial charge is 0.333 e. The van der Waals surface area contributed by atoms with E-state index in [0.717, 1.165) is 16.3 Å². The minimum Gasteiger partial charge on any atom is -0.333 e. The van der Waals surface area contributed by atoms with Gasteiger partial charge >= 0.3 is 6.18 Å². The zero-order chi connectivity index (χ0) is 16.0. The molecule has 0 radical (unpaired) electrons. The van der Waals surface area contributed by atoms with Crippen molar-refractivity contribution in [1.29, 1.82) is 0 Å². The number of halogens is 3. The third-order valence-electron chi connectivity index (χ3n) is 2.90. The van der Waals surface area contributed by atoms with Crippen LogP contribution in [0.2, 0.25) is 0 Å². The van der Waals surface area contributed by atoms with Crippen LogP contribution in [0, 0.1) is 0 Å². The zero-order valence-electron chi connectivity index (χ0n) is 12.5. The van der Waals surface area contributed by atoms with Crippen molar-refractivity contribution in [3.8, 4) is 0 Å². The van der Waals surface area contributed by atoms with Gasteiger partial charge in [0, 0.05) is 17.8 Å². The highest BCUT2D eigenvalue weighted by Gasteiger charge is 2.32. The molecule has 1 aromatic heterocycles. The Balaban J connectivity index is 2.70. The molecule has 21 heavy (non-hydrogen) atoms. The first-order chi connectivity index (χ1) is 9.73. The molecule has 0 atom stereocenters. The van der Waals surface area contributed by atoms with E-state index in [2.05, 4.69) is 4.98 Å². The van der Waals surface area contributed by atoms with Gasteiger partial charge in [0.25, 0.3) is 0 Å². The molecule has 0 spiro atoms. The van der Waals surface area contributed by atoms with Gasteiger partial charge in [-0.1, -0.05) is 27.2 Å². The van der Waals surface area contributed by atoms with E-state index in [-0.39, 0.29) is 18.9 Å². The molecule has 1 aromatic rings. The second kappa shape index (κ2) is 7.77. The predicted molar refractivity (Wildman–Crippen MR) is 77.5 cm³/mol. The minimum atomic E-state index is -4.37. The van der Waals surface area contributed by atoms with Gasteiger partial charge in [-0.3, -0.25) is 4.79 Å². The molecule has 120 valence electrons. The third kappa shape index (κ3) is 6.46. The zero-order valence-corrected chi connectivity index (χ0v) is 13.4. The number of carbonyl (C=O) groups is 1. The van der Waals surface area contributed by atoms with Crippen molar-refractivity contribution < 1.29 is 18.0 Å². The van der Waals surface area contributed by atoms with Crippen LogP contribution in [-0.2, 0) is 11.2 Å². The Bertz CT molecular complexity index is 457. The lowest BCUT2D eigenvalue weighted by molar-refractivity contribution is -0.161. The largest absolute Gasteiger partial charge is 0.406 e. The summed E-state index contributed by atoms with van der Waals surface area (Å²) < 4.78 is 37.6. The van der Waals surface area contributed by atoms with Gasteiger partial charge in [0.15, 0.2) is 0 Å². The molecule has 0 aliphatic rings.